The summed E-state index contributed by atoms with van der Waals surface area (Å²) in [6.07, 6.45) is 0. The maximum absolute atomic E-state index is 12.9. The number of fused-ring (bicyclic) bond motifs is 1. The Kier molecular flexibility index (Phi) is 5.95. The quantitative estimate of drug-likeness (QED) is 0.474. The van der Waals surface area contributed by atoms with Gasteiger partial charge in [-0.15, -0.1) is 11.3 Å². The predicted molar refractivity (Wildman–Crippen MR) is 121 cm³/mol. The molecule has 2 amide bonds. The highest BCUT2D eigenvalue weighted by molar-refractivity contribution is 7.18. The molecule has 0 aliphatic carbocycles. The smallest absolute Gasteiger partial charge is 0.253 e. The van der Waals surface area contributed by atoms with Gasteiger partial charge in [0.2, 0.25) is 0 Å². The molecule has 0 aliphatic heterocycles. The van der Waals surface area contributed by atoms with E-state index in [1.807, 2.05) is 36.4 Å². The van der Waals surface area contributed by atoms with E-state index >= 15 is 0 Å². The van der Waals surface area contributed by atoms with E-state index in [1.54, 1.807) is 59.7 Å². The molecule has 3 aromatic carbocycles. The van der Waals surface area contributed by atoms with Crippen molar-refractivity contribution < 1.29 is 14.3 Å². The summed E-state index contributed by atoms with van der Waals surface area (Å²) < 4.78 is 6.88. The number of benzene rings is 3. The second-order valence-corrected chi connectivity index (χ2v) is 8.20. The first-order chi connectivity index (χ1) is 15.0. The number of aromatic nitrogens is 1. The number of nitrogens with two attached hydrogens (primary N) is 1. The predicted octanol–water partition coefficient (Wildman–Crippen LogP) is 4.25. The van der Waals surface area contributed by atoms with E-state index in [2.05, 4.69) is 4.98 Å². The van der Waals surface area contributed by atoms with Crippen molar-refractivity contribution in [3.8, 4) is 5.75 Å². The molecule has 0 aliphatic rings. The Morgan fingerprint density at radius 2 is 1.81 bits per heavy atom. The molecule has 4 aromatic rings. The van der Waals surface area contributed by atoms with Crippen molar-refractivity contribution in [1.29, 1.82) is 0 Å². The van der Waals surface area contributed by atoms with Gasteiger partial charge in [-0.2, -0.15) is 0 Å². The average Bonchev–Trinajstić information content (AvgIpc) is 3.19. The number of nitrogens with zero attached hydrogens (tertiary/aromatic N) is 2. The summed E-state index contributed by atoms with van der Waals surface area (Å²) in [5.74, 6) is -0.227. The van der Waals surface area contributed by atoms with Gasteiger partial charge < -0.3 is 15.4 Å². The summed E-state index contributed by atoms with van der Waals surface area (Å²) >= 11 is 1.59. The molecule has 0 saturated heterocycles. The summed E-state index contributed by atoms with van der Waals surface area (Å²) in [6, 6.07) is 22.0. The minimum atomic E-state index is -0.545. The van der Waals surface area contributed by atoms with Crippen molar-refractivity contribution in [2.24, 2.45) is 5.73 Å². The van der Waals surface area contributed by atoms with Crippen molar-refractivity contribution in [2.75, 3.05) is 7.05 Å². The highest BCUT2D eigenvalue weighted by atomic mass is 32.1. The fraction of sp³-hybridized carbons (Fsp3) is 0.125. The van der Waals surface area contributed by atoms with Crippen LogP contribution in [0.4, 0.5) is 0 Å². The second-order valence-electron chi connectivity index (χ2n) is 7.09. The molecule has 0 saturated carbocycles. The highest BCUT2D eigenvalue weighted by Gasteiger charge is 2.15. The number of carbonyl (C=O) groups is 2. The van der Waals surface area contributed by atoms with Crippen molar-refractivity contribution in [1.82, 2.24) is 9.88 Å². The maximum Gasteiger partial charge on any atom is 0.253 e. The SMILES string of the molecule is CN(Cc1nc2ccccc2s1)C(=O)c1cccc(COc2ccccc2C(N)=O)c1. The number of hydrogen-bond acceptors (Lipinski definition) is 5. The number of hydrogen-bond donors (Lipinski definition) is 1. The van der Waals surface area contributed by atoms with Gasteiger partial charge in [-0.3, -0.25) is 9.59 Å². The van der Waals surface area contributed by atoms with E-state index < -0.39 is 5.91 Å². The fourth-order valence-electron chi connectivity index (χ4n) is 3.23. The monoisotopic (exact) mass is 431 g/mol. The summed E-state index contributed by atoms with van der Waals surface area (Å²) in [6.45, 7) is 0.651. The molecule has 7 heteroatoms. The molecule has 0 atom stereocenters. The van der Waals surface area contributed by atoms with E-state index in [4.69, 9.17) is 10.5 Å². The van der Waals surface area contributed by atoms with E-state index in [9.17, 15) is 9.59 Å². The summed E-state index contributed by atoms with van der Waals surface area (Å²) in [4.78, 5) is 30.7. The molecule has 2 N–H and O–H groups in total. The number of carbonyl (C=O) groups excluding carboxylic acids is 2. The molecule has 1 aromatic heterocycles. The Hall–Kier alpha value is -3.71. The lowest BCUT2D eigenvalue weighted by atomic mass is 10.1. The van der Waals surface area contributed by atoms with Crippen LogP contribution in [0.1, 0.15) is 31.3 Å². The lowest BCUT2D eigenvalue weighted by molar-refractivity contribution is 0.0784. The Labute approximate surface area is 183 Å². The van der Waals surface area contributed by atoms with Crippen molar-refractivity contribution >= 4 is 33.4 Å². The Bertz CT molecular complexity index is 1220. The average molecular weight is 432 g/mol. The van der Waals surface area contributed by atoms with Gasteiger partial charge in [-0.1, -0.05) is 36.4 Å². The van der Waals surface area contributed by atoms with Crippen LogP contribution >= 0.6 is 11.3 Å². The first-order valence-electron chi connectivity index (χ1n) is 9.72. The minimum absolute atomic E-state index is 0.0985. The number of primary amides is 1. The van der Waals surface area contributed by atoms with E-state index in [1.165, 1.54) is 0 Å². The molecular formula is C24H21N3O3S. The number of ether oxygens (including phenoxy) is 1. The van der Waals surface area contributed by atoms with E-state index in [-0.39, 0.29) is 12.5 Å². The summed E-state index contributed by atoms with van der Waals surface area (Å²) in [5.41, 5.74) is 8.04. The molecule has 6 nitrogen and oxygen atoms in total. The number of thiazole rings is 1. The van der Waals surface area contributed by atoms with Crippen LogP contribution in [-0.4, -0.2) is 28.7 Å². The van der Waals surface area contributed by atoms with Gasteiger partial charge in [0.25, 0.3) is 11.8 Å². The molecule has 156 valence electrons. The third kappa shape index (κ3) is 4.73. The number of para-hydroxylation sites is 2. The highest BCUT2D eigenvalue weighted by Crippen LogP contribution is 2.23. The van der Waals surface area contributed by atoms with Crippen LogP contribution in [0.15, 0.2) is 72.8 Å². The zero-order valence-corrected chi connectivity index (χ0v) is 17.8. The van der Waals surface area contributed by atoms with E-state index in [0.717, 1.165) is 20.8 Å². The van der Waals surface area contributed by atoms with Gasteiger partial charge in [0.15, 0.2) is 0 Å². The van der Waals surface area contributed by atoms with E-state index in [0.29, 0.717) is 23.4 Å². The van der Waals surface area contributed by atoms with Crippen LogP contribution in [0.5, 0.6) is 5.75 Å². The normalized spacial score (nSPS) is 10.7. The maximum atomic E-state index is 12.9. The summed E-state index contributed by atoms with van der Waals surface area (Å²) in [7, 11) is 1.76. The van der Waals surface area contributed by atoms with Crippen LogP contribution in [0.3, 0.4) is 0 Å². The number of rotatable bonds is 7. The van der Waals surface area contributed by atoms with Gasteiger partial charge in [0.05, 0.1) is 22.3 Å². The van der Waals surface area contributed by atoms with Crippen molar-refractivity contribution in [3.63, 3.8) is 0 Å². The van der Waals surface area contributed by atoms with Gasteiger partial charge in [0.1, 0.15) is 17.4 Å². The van der Waals surface area contributed by atoms with Gasteiger partial charge in [0, 0.05) is 12.6 Å². The fourth-order valence-corrected chi connectivity index (χ4v) is 4.25. The van der Waals surface area contributed by atoms with Crippen LogP contribution < -0.4 is 10.5 Å². The first kappa shape index (κ1) is 20.6. The van der Waals surface area contributed by atoms with Crippen LogP contribution in [0.2, 0.25) is 0 Å². The molecule has 0 fully saturated rings. The van der Waals surface area contributed by atoms with Gasteiger partial charge in [-0.25, -0.2) is 4.98 Å². The Morgan fingerprint density at radius 1 is 1.03 bits per heavy atom. The lowest BCUT2D eigenvalue weighted by Crippen LogP contribution is -2.26. The van der Waals surface area contributed by atoms with Crippen molar-refractivity contribution in [3.05, 3.63) is 94.5 Å². The third-order valence-corrected chi connectivity index (χ3v) is 5.80. The van der Waals surface area contributed by atoms with Crippen molar-refractivity contribution in [2.45, 2.75) is 13.2 Å². The zero-order valence-electron chi connectivity index (χ0n) is 16.9. The third-order valence-electron chi connectivity index (χ3n) is 4.78. The largest absolute Gasteiger partial charge is 0.488 e. The standard InChI is InChI=1S/C24H21N3O3S/c1-27(14-22-26-19-10-3-5-12-21(19)31-22)24(29)17-8-6-7-16(13-17)15-30-20-11-4-2-9-18(20)23(25)28/h2-13H,14-15H2,1H3,(H2,25,28). The molecule has 0 spiro atoms. The molecule has 1 heterocycles. The zero-order chi connectivity index (χ0) is 21.8. The topological polar surface area (TPSA) is 85.5 Å². The van der Waals surface area contributed by atoms with Gasteiger partial charge >= 0.3 is 0 Å². The summed E-state index contributed by atoms with van der Waals surface area (Å²) in [5, 5.41) is 0.889. The van der Waals surface area contributed by atoms with Gasteiger partial charge in [-0.05, 0) is 42.0 Å². The van der Waals surface area contributed by atoms with Crippen LogP contribution in [-0.2, 0) is 13.2 Å². The van der Waals surface area contributed by atoms with Crippen LogP contribution in [0, 0.1) is 0 Å². The molecule has 0 bridgehead atoms. The lowest BCUT2D eigenvalue weighted by Gasteiger charge is -2.16. The molecule has 0 unspecified atom stereocenters. The Balaban J connectivity index is 1.44. The molecular weight excluding hydrogens is 410 g/mol. The minimum Gasteiger partial charge on any atom is -0.488 e. The molecule has 4 rings (SSSR count). The molecule has 31 heavy (non-hydrogen) atoms. The number of amides is 2. The first-order valence-corrected chi connectivity index (χ1v) is 10.5. The van der Waals surface area contributed by atoms with Crippen LogP contribution in [0.25, 0.3) is 10.2 Å². The molecule has 0 radical (unpaired) electrons. The Morgan fingerprint density at radius 3 is 2.61 bits per heavy atom. The second kappa shape index (κ2) is 8.97.